The van der Waals surface area contributed by atoms with Crippen molar-refractivity contribution in [1.29, 1.82) is 0 Å². The van der Waals surface area contributed by atoms with Gasteiger partial charge in [-0.15, -0.1) is 0 Å². The fourth-order valence-electron chi connectivity index (χ4n) is 3.35. The first kappa shape index (κ1) is 41.4. The molecule has 0 fully saturated rings. The Labute approximate surface area is 272 Å². The van der Waals surface area contributed by atoms with Crippen LogP contribution in [0.25, 0.3) is 0 Å². The van der Waals surface area contributed by atoms with Crippen LogP contribution in [0.5, 0.6) is 5.75 Å². The van der Waals surface area contributed by atoms with E-state index in [0.29, 0.717) is 144 Å². The van der Waals surface area contributed by atoms with Crippen molar-refractivity contribution >= 4 is 17.6 Å². The molecular formula is C31H54N2O13. The molecule has 1 aromatic rings. The van der Waals surface area contributed by atoms with Crippen LogP contribution in [0.3, 0.4) is 0 Å². The maximum absolute atomic E-state index is 11.4. The third kappa shape index (κ3) is 30.1. The Balaban J connectivity index is 1.64. The first-order valence-corrected chi connectivity index (χ1v) is 15.7. The van der Waals surface area contributed by atoms with Gasteiger partial charge in [-0.1, -0.05) is 0 Å². The summed E-state index contributed by atoms with van der Waals surface area (Å²) in [6, 6.07) is 7.24. The molecule has 0 aromatic heterocycles. The molecule has 1 rings (SSSR count). The van der Waals surface area contributed by atoms with Gasteiger partial charge in [0, 0.05) is 25.3 Å². The maximum atomic E-state index is 11.4. The maximum Gasteiger partial charge on any atom is 0.303 e. The number of carbonyl (C=O) groups is 2. The number of aliphatic carboxylic acids is 1. The molecule has 0 atom stereocenters. The molecule has 0 bridgehead atoms. The monoisotopic (exact) mass is 662 g/mol. The highest BCUT2D eigenvalue weighted by molar-refractivity contribution is 5.80. The van der Waals surface area contributed by atoms with E-state index >= 15 is 0 Å². The van der Waals surface area contributed by atoms with Gasteiger partial charge in [-0.25, -0.2) is 0 Å². The van der Waals surface area contributed by atoms with E-state index < -0.39 is 5.97 Å². The fourth-order valence-corrected chi connectivity index (χ4v) is 3.35. The summed E-state index contributed by atoms with van der Waals surface area (Å²) >= 11 is 0. The van der Waals surface area contributed by atoms with Crippen LogP contribution in [0.2, 0.25) is 0 Å². The Kier molecular flexibility index (Phi) is 29.1. The molecule has 1 amide bonds. The number of rotatable bonds is 35. The molecular weight excluding hydrogens is 608 g/mol. The summed E-state index contributed by atoms with van der Waals surface area (Å²) in [6.45, 7) is 9.58. The summed E-state index contributed by atoms with van der Waals surface area (Å²) in [5, 5.41) is 11.2. The van der Waals surface area contributed by atoms with Crippen molar-refractivity contribution in [3.63, 3.8) is 0 Å². The summed E-state index contributed by atoms with van der Waals surface area (Å²) < 4.78 is 54.6. The third-order valence-corrected chi connectivity index (χ3v) is 5.71. The van der Waals surface area contributed by atoms with Gasteiger partial charge in [0.05, 0.1) is 119 Å². The van der Waals surface area contributed by atoms with E-state index in [1.807, 2.05) is 12.1 Å². The molecule has 0 aliphatic heterocycles. The topological polar surface area (TPSA) is 185 Å². The van der Waals surface area contributed by atoms with Gasteiger partial charge in [-0.05, 0) is 30.7 Å². The number of ether oxygens (including phenoxy) is 10. The zero-order valence-electron chi connectivity index (χ0n) is 27.0. The number of amides is 1. The van der Waals surface area contributed by atoms with Gasteiger partial charge < -0.3 is 63.5 Å². The van der Waals surface area contributed by atoms with Crippen LogP contribution < -0.4 is 15.8 Å². The van der Waals surface area contributed by atoms with Crippen molar-refractivity contribution < 1.29 is 62.1 Å². The van der Waals surface area contributed by atoms with E-state index in [2.05, 4.69) is 5.32 Å². The van der Waals surface area contributed by atoms with Gasteiger partial charge in [0.2, 0.25) is 5.91 Å². The molecule has 0 saturated heterocycles. The third-order valence-electron chi connectivity index (χ3n) is 5.71. The minimum absolute atomic E-state index is 0.0105. The molecule has 0 radical (unpaired) electrons. The number of carbonyl (C=O) groups excluding carboxylic acids is 1. The standard InChI is InChI=1S/C31H54N2O13/c32-28-2-4-29(5-3-28)46-27-26-45-25-24-44-23-22-43-21-20-42-19-18-41-17-16-40-15-14-39-13-12-38-11-10-37-9-1-8-33-30(34)6-7-31(35)36/h2-5H,1,6-27,32H2,(H,33,34)(H,35,36). The van der Waals surface area contributed by atoms with Crippen LogP contribution >= 0.6 is 0 Å². The molecule has 15 nitrogen and oxygen atoms in total. The van der Waals surface area contributed by atoms with E-state index in [9.17, 15) is 9.59 Å². The quantitative estimate of drug-likeness (QED) is 0.0695. The first-order chi connectivity index (χ1) is 22.6. The fraction of sp³-hybridized carbons (Fsp3) is 0.742. The van der Waals surface area contributed by atoms with E-state index in [1.165, 1.54) is 0 Å². The van der Waals surface area contributed by atoms with Crippen LogP contribution in [0.4, 0.5) is 5.69 Å². The van der Waals surface area contributed by atoms with Crippen LogP contribution in [-0.4, -0.2) is 149 Å². The Morgan fingerprint density at radius 1 is 0.522 bits per heavy atom. The number of carboxylic acids is 1. The Bertz CT molecular complexity index is 833. The average Bonchev–Trinajstić information content (AvgIpc) is 3.05. The number of anilines is 1. The Hall–Kier alpha value is -2.60. The molecule has 1 aromatic carbocycles. The van der Waals surface area contributed by atoms with E-state index in [-0.39, 0.29) is 18.7 Å². The normalized spacial score (nSPS) is 11.1. The van der Waals surface area contributed by atoms with Crippen molar-refractivity contribution in [2.45, 2.75) is 19.3 Å². The predicted octanol–water partition coefficient (Wildman–Crippen LogP) is 1.17. The number of hydrogen-bond donors (Lipinski definition) is 3. The highest BCUT2D eigenvalue weighted by atomic mass is 16.6. The lowest BCUT2D eigenvalue weighted by Gasteiger charge is -2.09. The molecule has 0 aliphatic rings. The van der Waals surface area contributed by atoms with Crippen LogP contribution in [0, 0.1) is 0 Å². The average molecular weight is 663 g/mol. The second-order valence-electron chi connectivity index (χ2n) is 9.53. The number of carboxylic acid groups (broad SMARTS) is 1. The second kappa shape index (κ2) is 32.3. The van der Waals surface area contributed by atoms with Crippen molar-refractivity contribution in [1.82, 2.24) is 5.32 Å². The Morgan fingerprint density at radius 3 is 1.24 bits per heavy atom. The summed E-state index contributed by atoms with van der Waals surface area (Å²) in [7, 11) is 0. The summed E-state index contributed by atoms with van der Waals surface area (Å²) in [4.78, 5) is 21.8. The minimum atomic E-state index is -0.983. The molecule has 0 heterocycles. The largest absolute Gasteiger partial charge is 0.491 e. The highest BCUT2D eigenvalue weighted by Crippen LogP contribution is 2.12. The second-order valence-corrected chi connectivity index (χ2v) is 9.53. The van der Waals surface area contributed by atoms with Crippen molar-refractivity contribution in [3.8, 4) is 5.75 Å². The molecule has 266 valence electrons. The van der Waals surface area contributed by atoms with Crippen molar-refractivity contribution in [2.75, 3.05) is 138 Å². The van der Waals surface area contributed by atoms with Crippen molar-refractivity contribution in [2.24, 2.45) is 0 Å². The molecule has 0 saturated carbocycles. The lowest BCUT2D eigenvalue weighted by atomic mass is 10.3. The zero-order valence-corrected chi connectivity index (χ0v) is 27.0. The van der Waals surface area contributed by atoms with Gasteiger partial charge in [-0.2, -0.15) is 0 Å². The summed E-state index contributed by atoms with van der Waals surface area (Å²) in [5.74, 6) is -0.486. The summed E-state index contributed by atoms with van der Waals surface area (Å²) in [5.41, 5.74) is 6.34. The van der Waals surface area contributed by atoms with E-state index in [0.717, 1.165) is 5.75 Å². The SMILES string of the molecule is Nc1ccc(OCCOCCOCCOCCOCCOCCOCCOCCOCCOCCCNC(=O)CCC(=O)O)cc1. The highest BCUT2D eigenvalue weighted by Gasteiger charge is 2.04. The number of nitrogen functional groups attached to an aromatic ring is 1. The smallest absolute Gasteiger partial charge is 0.303 e. The lowest BCUT2D eigenvalue weighted by molar-refractivity contribution is -0.138. The van der Waals surface area contributed by atoms with Crippen LogP contribution in [-0.2, 0) is 52.2 Å². The molecule has 15 heteroatoms. The van der Waals surface area contributed by atoms with Crippen LogP contribution in [0.1, 0.15) is 19.3 Å². The van der Waals surface area contributed by atoms with Gasteiger partial charge in [0.15, 0.2) is 0 Å². The molecule has 4 N–H and O–H groups in total. The predicted molar refractivity (Wildman–Crippen MR) is 168 cm³/mol. The molecule has 0 unspecified atom stereocenters. The number of nitrogens with one attached hydrogen (secondary N) is 1. The number of benzene rings is 1. The minimum Gasteiger partial charge on any atom is -0.491 e. The van der Waals surface area contributed by atoms with Gasteiger partial charge >= 0.3 is 5.97 Å². The molecule has 46 heavy (non-hydrogen) atoms. The molecule has 0 spiro atoms. The first-order valence-electron chi connectivity index (χ1n) is 15.7. The van der Waals surface area contributed by atoms with Gasteiger partial charge in [0.25, 0.3) is 0 Å². The lowest BCUT2D eigenvalue weighted by Crippen LogP contribution is -2.25. The summed E-state index contributed by atoms with van der Waals surface area (Å²) in [6.07, 6.45) is 0.476. The van der Waals surface area contributed by atoms with Gasteiger partial charge in [0.1, 0.15) is 12.4 Å². The Morgan fingerprint density at radius 2 is 0.870 bits per heavy atom. The molecule has 0 aliphatic carbocycles. The van der Waals surface area contributed by atoms with Crippen molar-refractivity contribution in [3.05, 3.63) is 24.3 Å². The zero-order chi connectivity index (χ0) is 33.2. The van der Waals surface area contributed by atoms with Crippen LogP contribution in [0.15, 0.2) is 24.3 Å². The van der Waals surface area contributed by atoms with E-state index in [4.69, 9.17) is 58.2 Å². The number of nitrogens with two attached hydrogens (primary N) is 1. The number of hydrogen-bond acceptors (Lipinski definition) is 13. The van der Waals surface area contributed by atoms with Gasteiger partial charge in [-0.3, -0.25) is 9.59 Å². The van der Waals surface area contributed by atoms with E-state index in [1.54, 1.807) is 12.1 Å².